The van der Waals surface area contributed by atoms with E-state index in [1.165, 1.54) is 5.56 Å². The van der Waals surface area contributed by atoms with E-state index in [0.29, 0.717) is 25.3 Å². The molecule has 7 heteroatoms. The summed E-state index contributed by atoms with van der Waals surface area (Å²) in [5.41, 5.74) is 3.88. The minimum Gasteiger partial charge on any atom is -0.493 e. The summed E-state index contributed by atoms with van der Waals surface area (Å²) in [5, 5.41) is 9.28. The van der Waals surface area contributed by atoms with Gasteiger partial charge in [0.1, 0.15) is 5.75 Å². The molecule has 2 rings (SSSR count). The number of halogens is 1. The quantitative estimate of drug-likeness (QED) is 0.263. The van der Waals surface area contributed by atoms with Crippen LogP contribution in [0.1, 0.15) is 47.3 Å². The van der Waals surface area contributed by atoms with Crippen LogP contribution in [-0.2, 0) is 13.1 Å². The highest BCUT2D eigenvalue weighted by atomic mass is 127. The lowest BCUT2D eigenvalue weighted by Crippen LogP contribution is -2.36. The van der Waals surface area contributed by atoms with Gasteiger partial charge in [-0.05, 0) is 49.6 Å². The lowest BCUT2D eigenvalue weighted by Gasteiger charge is -2.15. The highest BCUT2D eigenvalue weighted by Gasteiger charge is 2.07. The number of rotatable bonds is 9. The number of guanidine groups is 1. The third-order valence-electron chi connectivity index (χ3n) is 4.31. The first-order valence-electron chi connectivity index (χ1n) is 10.1. The first-order valence-corrected chi connectivity index (χ1v) is 10.1. The molecule has 0 atom stereocenters. The van der Waals surface area contributed by atoms with Gasteiger partial charge in [0.2, 0.25) is 0 Å². The second-order valence-electron chi connectivity index (χ2n) is 6.79. The van der Waals surface area contributed by atoms with Gasteiger partial charge in [0.05, 0.1) is 13.2 Å². The Kier molecular flexibility index (Phi) is 11.9. The summed E-state index contributed by atoms with van der Waals surface area (Å²) < 4.78 is 5.90. The zero-order chi connectivity index (χ0) is 21.1. The molecule has 0 bridgehead atoms. The van der Waals surface area contributed by atoms with E-state index in [1.54, 1.807) is 13.1 Å². The molecule has 0 saturated carbocycles. The van der Waals surface area contributed by atoms with Gasteiger partial charge in [-0.3, -0.25) is 4.79 Å². The van der Waals surface area contributed by atoms with Crippen molar-refractivity contribution in [2.24, 2.45) is 4.99 Å². The molecular weight excluding hydrogens is 491 g/mol. The Morgan fingerprint density at radius 3 is 2.60 bits per heavy atom. The monoisotopic (exact) mass is 524 g/mol. The third kappa shape index (κ3) is 8.22. The van der Waals surface area contributed by atoms with E-state index in [4.69, 9.17) is 4.74 Å². The molecule has 164 valence electrons. The molecule has 0 radical (unpaired) electrons. The number of hydrogen-bond acceptors (Lipinski definition) is 3. The maximum atomic E-state index is 11.8. The fourth-order valence-electron chi connectivity index (χ4n) is 2.80. The Bertz CT molecular complexity index is 840. The van der Waals surface area contributed by atoms with E-state index in [1.807, 2.05) is 25.1 Å². The Labute approximate surface area is 196 Å². The lowest BCUT2D eigenvalue weighted by molar-refractivity contribution is 0.0963. The van der Waals surface area contributed by atoms with Gasteiger partial charge in [0.25, 0.3) is 5.91 Å². The van der Waals surface area contributed by atoms with Gasteiger partial charge >= 0.3 is 0 Å². The van der Waals surface area contributed by atoms with Gasteiger partial charge in [-0.2, -0.15) is 0 Å². The van der Waals surface area contributed by atoms with Crippen LogP contribution >= 0.6 is 24.0 Å². The molecule has 0 unspecified atom stereocenters. The fourth-order valence-corrected chi connectivity index (χ4v) is 2.80. The van der Waals surface area contributed by atoms with Crippen LogP contribution < -0.4 is 20.7 Å². The van der Waals surface area contributed by atoms with Crippen molar-refractivity contribution in [2.45, 2.75) is 40.3 Å². The molecule has 0 aliphatic carbocycles. The number of aryl methyl sites for hydroxylation is 1. The van der Waals surface area contributed by atoms with Crippen molar-refractivity contribution < 1.29 is 9.53 Å². The molecule has 0 fully saturated rings. The zero-order valence-electron chi connectivity index (χ0n) is 18.2. The summed E-state index contributed by atoms with van der Waals surface area (Å²) in [6, 6.07) is 13.7. The maximum absolute atomic E-state index is 11.8. The number of carbonyl (C=O) groups is 1. The Balaban J connectivity index is 0.00000450. The Morgan fingerprint density at radius 1 is 1.10 bits per heavy atom. The zero-order valence-corrected chi connectivity index (χ0v) is 20.6. The molecule has 0 heterocycles. The van der Waals surface area contributed by atoms with Gasteiger partial charge < -0.3 is 20.7 Å². The number of hydrogen-bond donors (Lipinski definition) is 3. The summed E-state index contributed by atoms with van der Waals surface area (Å²) in [6.07, 6.45) is 0.972. The van der Waals surface area contributed by atoms with E-state index < -0.39 is 0 Å². The third-order valence-corrected chi connectivity index (χ3v) is 4.31. The molecule has 3 N–H and O–H groups in total. The van der Waals surface area contributed by atoms with Crippen LogP contribution in [0.4, 0.5) is 0 Å². The van der Waals surface area contributed by atoms with E-state index in [-0.39, 0.29) is 29.9 Å². The van der Waals surface area contributed by atoms with Crippen molar-refractivity contribution in [3.05, 3.63) is 64.7 Å². The highest BCUT2D eigenvalue weighted by Crippen LogP contribution is 2.20. The van der Waals surface area contributed by atoms with Crippen molar-refractivity contribution in [3.8, 4) is 5.75 Å². The molecule has 2 aromatic carbocycles. The van der Waals surface area contributed by atoms with Crippen LogP contribution in [-0.4, -0.2) is 32.1 Å². The fraction of sp³-hybridized carbons (Fsp3) is 0.391. The Hall–Kier alpha value is -2.29. The summed E-state index contributed by atoms with van der Waals surface area (Å²) in [6.45, 7) is 8.75. The highest BCUT2D eigenvalue weighted by molar-refractivity contribution is 14.0. The van der Waals surface area contributed by atoms with Crippen molar-refractivity contribution in [2.75, 3.05) is 20.2 Å². The Morgan fingerprint density at radius 2 is 1.90 bits per heavy atom. The number of carbonyl (C=O) groups excluding carboxylic acids is 1. The number of nitrogens with zero attached hydrogens (tertiary/aromatic N) is 1. The predicted octanol–water partition coefficient (Wildman–Crippen LogP) is 4.02. The van der Waals surface area contributed by atoms with Crippen molar-refractivity contribution in [1.82, 2.24) is 16.0 Å². The molecule has 2 aromatic rings. The molecule has 6 nitrogen and oxygen atoms in total. The van der Waals surface area contributed by atoms with Crippen molar-refractivity contribution >= 4 is 35.8 Å². The molecule has 0 aromatic heterocycles. The first kappa shape index (κ1) is 25.7. The average molecular weight is 524 g/mol. The average Bonchev–Trinajstić information content (AvgIpc) is 2.74. The first-order chi connectivity index (χ1) is 14.1. The van der Waals surface area contributed by atoms with Crippen molar-refractivity contribution in [1.29, 1.82) is 0 Å². The van der Waals surface area contributed by atoms with Crippen molar-refractivity contribution in [3.63, 3.8) is 0 Å². The number of amides is 1. The summed E-state index contributed by atoms with van der Waals surface area (Å²) in [7, 11) is 1.63. The number of nitrogens with one attached hydrogen (secondary N) is 3. The SMILES string of the molecule is CCCOc1cc(C)ccc1CNC(=NCc1cccc(C(=O)NC)c1)NCC.I. The molecule has 0 saturated heterocycles. The lowest BCUT2D eigenvalue weighted by atomic mass is 10.1. The molecular formula is C23H33IN4O2. The van der Waals surface area contributed by atoms with Crippen LogP contribution in [0.25, 0.3) is 0 Å². The standard InChI is InChI=1S/C23H32N4O2.HI/c1-5-12-29-21-13-17(3)10-11-20(21)16-27-23(25-6-2)26-15-18-8-7-9-19(14-18)22(28)24-4;/h7-11,13-14H,5-6,12,15-16H2,1-4H3,(H,24,28)(H2,25,26,27);1H. The number of aliphatic imine (C=N–C) groups is 1. The minimum absolute atomic E-state index is 0. The van der Waals surface area contributed by atoms with E-state index in [0.717, 1.165) is 35.8 Å². The van der Waals surface area contributed by atoms with Gasteiger partial charge in [-0.1, -0.05) is 31.2 Å². The molecule has 1 amide bonds. The summed E-state index contributed by atoms with van der Waals surface area (Å²) >= 11 is 0. The van der Waals surface area contributed by atoms with E-state index in [9.17, 15) is 4.79 Å². The van der Waals surface area contributed by atoms with Crippen LogP contribution in [0.3, 0.4) is 0 Å². The maximum Gasteiger partial charge on any atom is 0.251 e. The summed E-state index contributed by atoms with van der Waals surface area (Å²) in [4.78, 5) is 16.5. The topological polar surface area (TPSA) is 74.8 Å². The van der Waals surface area contributed by atoms with Crippen LogP contribution in [0.2, 0.25) is 0 Å². The van der Waals surface area contributed by atoms with E-state index >= 15 is 0 Å². The molecule has 0 aliphatic rings. The molecule has 0 spiro atoms. The minimum atomic E-state index is -0.0974. The molecule has 30 heavy (non-hydrogen) atoms. The summed E-state index contributed by atoms with van der Waals surface area (Å²) in [5.74, 6) is 1.54. The van der Waals surface area contributed by atoms with E-state index in [2.05, 4.69) is 53.0 Å². The van der Waals surface area contributed by atoms with Crippen LogP contribution in [0, 0.1) is 6.92 Å². The number of benzene rings is 2. The largest absolute Gasteiger partial charge is 0.493 e. The normalized spacial score (nSPS) is 10.7. The van der Waals surface area contributed by atoms with Gasteiger partial charge in [-0.15, -0.1) is 24.0 Å². The van der Waals surface area contributed by atoms with Crippen LogP contribution in [0.15, 0.2) is 47.5 Å². The number of ether oxygens (including phenoxy) is 1. The molecule has 0 aliphatic heterocycles. The van der Waals surface area contributed by atoms with Gasteiger partial charge in [0.15, 0.2) is 5.96 Å². The van der Waals surface area contributed by atoms with Gasteiger partial charge in [-0.25, -0.2) is 4.99 Å². The smallest absolute Gasteiger partial charge is 0.251 e. The predicted molar refractivity (Wildman–Crippen MR) is 134 cm³/mol. The second-order valence-corrected chi connectivity index (χ2v) is 6.79. The van der Waals surface area contributed by atoms with Gasteiger partial charge in [0, 0.05) is 31.3 Å². The van der Waals surface area contributed by atoms with Crippen LogP contribution in [0.5, 0.6) is 5.75 Å². The second kappa shape index (κ2) is 13.8.